The van der Waals surface area contributed by atoms with Crippen molar-refractivity contribution >= 4 is 22.0 Å². The maximum Gasteiger partial charge on any atom is 0.162 e. The summed E-state index contributed by atoms with van der Waals surface area (Å²) in [4.78, 5) is 1.92. The highest BCUT2D eigenvalue weighted by atomic mass is 32.2. The predicted octanol–water partition coefficient (Wildman–Crippen LogP) is 2.50. The van der Waals surface area contributed by atoms with Gasteiger partial charge in [-0.2, -0.15) is 5.10 Å². The highest BCUT2D eigenvalue weighted by molar-refractivity contribution is 8.26. The molecule has 6 nitrogen and oxygen atoms in total. The minimum atomic E-state index is -0.685. The number of fused-ring (bicyclic) bond motifs is 1. The van der Waals surface area contributed by atoms with E-state index in [1.54, 1.807) is 0 Å². The van der Waals surface area contributed by atoms with Crippen LogP contribution in [0, 0.1) is 34.3 Å². The molecule has 4 N–H and O–H groups in total. The zero-order valence-electron chi connectivity index (χ0n) is 13.9. The number of hydrogen-bond acceptors (Lipinski definition) is 5. The van der Waals surface area contributed by atoms with E-state index in [-0.39, 0.29) is 21.3 Å². The molecule has 2 fully saturated rings. The standard InChI is InChI=1S/C17H18F2N6S/c18-14-2-13(15(19)1-12(14)9-5-23-24-6-9)16(20)26-17(21)25-7-10-3-22-4-11(10)8-25/h1-2,5-6,10-11,20-22H,3-4,7-8H2,(H,23,24)/t10-,11+. The van der Waals surface area contributed by atoms with Gasteiger partial charge >= 0.3 is 0 Å². The van der Waals surface area contributed by atoms with Gasteiger partial charge in [0.15, 0.2) is 5.17 Å². The van der Waals surface area contributed by atoms with Crippen molar-refractivity contribution in [3.05, 3.63) is 41.7 Å². The van der Waals surface area contributed by atoms with Gasteiger partial charge in [0.2, 0.25) is 0 Å². The van der Waals surface area contributed by atoms with Gasteiger partial charge in [0.05, 0.1) is 6.20 Å². The van der Waals surface area contributed by atoms with E-state index in [9.17, 15) is 8.78 Å². The lowest BCUT2D eigenvalue weighted by atomic mass is 10.0. The van der Waals surface area contributed by atoms with Crippen molar-refractivity contribution in [2.45, 2.75) is 0 Å². The molecule has 0 unspecified atom stereocenters. The monoisotopic (exact) mass is 376 g/mol. The van der Waals surface area contributed by atoms with Crippen LogP contribution in [0.2, 0.25) is 0 Å². The van der Waals surface area contributed by atoms with Gasteiger partial charge in [0.1, 0.15) is 16.7 Å². The summed E-state index contributed by atoms with van der Waals surface area (Å²) in [6, 6.07) is 2.09. The molecule has 2 aromatic rings. The van der Waals surface area contributed by atoms with Crippen LogP contribution in [0.25, 0.3) is 11.1 Å². The van der Waals surface area contributed by atoms with E-state index in [1.807, 2.05) is 4.90 Å². The molecule has 4 rings (SSSR count). The zero-order chi connectivity index (χ0) is 18.3. The van der Waals surface area contributed by atoms with Crippen LogP contribution in [0.15, 0.2) is 24.5 Å². The first-order valence-electron chi connectivity index (χ1n) is 8.32. The number of rotatable bonds is 2. The van der Waals surface area contributed by atoms with E-state index in [0.29, 0.717) is 17.4 Å². The number of thioether (sulfide) groups is 1. The Labute approximate surface area is 153 Å². The number of benzene rings is 1. The van der Waals surface area contributed by atoms with Crippen molar-refractivity contribution in [3.8, 4) is 11.1 Å². The number of aromatic nitrogens is 2. The van der Waals surface area contributed by atoms with Crippen LogP contribution in [0.5, 0.6) is 0 Å². The third kappa shape index (κ3) is 3.12. The first-order valence-corrected chi connectivity index (χ1v) is 9.13. The van der Waals surface area contributed by atoms with Gasteiger partial charge in [-0.05, 0) is 35.7 Å². The Morgan fingerprint density at radius 2 is 1.88 bits per heavy atom. The Morgan fingerprint density at radius 3 is 2.54 bits per heavy atom. The minimum absolute atomic E-state index is 0.0905. The lowest BCUT2D eigenvalue weighted by Gasteiger charge is -2.20. The first-order chi connectivity index (χ1) is 12.5. The molecule has 136 valence electrons. The Hall–Kier alpha value is -2.26. The highest BCUT2D eigenvalue weighted by Gasteiger charge is 2.37. The molecule has 0 radical (unpaired) electrons. The molecule has 1 aromatic carbocycles. The van der Waals surface area contributed by atoms with Crippen LogP contribution >= 0.6 is 11.8 Å². The summed E-state index contributed by atoms with van der Waals surface area (Å²) in [7, 11) is 0. The molecule has 2 aliphatic rings. The molecular weight excluding hydrogens is 358 g/mol. The molecule has 0 amide bonds. The van der Waals surface area contributed by atoms with E-state index in [0.717, 1.165) is 50.1 Å². The number of H-pyrrole nitrogens is 1. The van der Waals surface area contributed by atoms with Gasteiger partial charge in [-0.1, -0.05) is 0 Å². The Balaban J connectivity index is 1.48. The fraction of sp³-hybridized carbons (Fsp3) is 0.353. The summed E-state index contributed by atoms with van der Waals surface area (Å²) in [6.07, 6.45) is 2.89. The number of likely N-dealkylation sites (tertiary alicyclic amines) is 1. The van der Waals surface area contributed by atoms with Gasteiger partial charge < -0.3 is 10.2 Å². The molecule has 1 aromatic heterocycles. The maximum atomic E-state index is 14.4. The second kappa shape index (κ2) is 6.81. The SMILES string of the molecule is N=C(SC(=N)N1C[C@H]2CNC[C@H]2C1)c1cc(F)c(-c2cn[nH]c2)cc1F. The molecular formula is C17H18F2N6S. The second-order valence-corrected chi connectivity index (χ2v) is 7.62. The summed E-state index contributed by atoms with van der Waals surface area (Å²) in [5.41, 5.74) is 0.399. The van der Waals surface area contributed by atoms with E-state index < -0.39 is 11.6 Å². The second-order valence-electron chi connectivity index (χ2n) is 6.62. The highest BCUT2D eigenvalue weighted by Crippen LogP contribution is 2.30. The van der Waals surface area contributed by atoms with Gasteiger partial charge in [0.25, 0.3) is 0 Å². The topological polar surface area (TPSA) is 91.7 Å². The number of nitrogens with zero attached hydrogens (tertiary/aromatic N) is 2. The largest absolute Gasteiger partial charge is 0.351 e. The van der Waals surface area contributed by atoms with Crippen molar-refractivity contribution in [1.29, 1.82) is 10.8 Å². The molecule has 26 heavy (non-hydrogen) atoms. The molecule has 0 aliphatic carbocycles. The molecule has 2 saturated heterocycles. The first kappa shape index (κ1) is 17.2. The van der Waals surface area contributed by atoms with Crippen molar-refractivity contribution in [2.75, 3.05) is 26.2 Å². The number of amidine groups is 1. The minimum Gasteiger partial charge on any atom is -0.351 e. The molecule has 0 saturated carbocycles. The normalized spacial score (nSPS) is 21.8. The molecule has 0 bridgehead atoms. The summed E-state index contributed by atoms with van der Waals surface area (Å²) in [5.74, 6) is -0.265. The number of aromatic amines is 1. The van der Waals surface area contributed by atoms with Crippen LogP contribution in [0.1, 0.15) is 5.56 Å². The Morgan fingerprint density at radius 1 is 1.15 bits per heavy atom. The molecule has 3 heterocycles. The fourth-order valence-corrected chi connectivity index (χ4v) is 4.32. The quantitative estimate of drug-likeness (QED) is 0.479. The van der Waals surface area contributed by atoms with E-state index in [4.69, 9.17) is 10.8 Å². The molecule has 2 aliphatic heterocycles. The Kier molecular flexibility index (Phi) is 4.49. The third-order valence-electron chi connectivity index (χ3n) is 4.99. The zero-order valence-corrected chi connectivity index (χ0v) is 14.7. The summed E-state index contributed by atoms with van der Waals surface area (Å²) in [5, 5.41) is 26.0. The maximum absolute atomic E-state index is 14.4. The van der Waals surface area contributed by atoms with Crippen LogP contribution in [0.4, 0.5) is 8.78 Å². The average molecular weight is 376 g/mol. The fourth-order valence-electron chi connectivity index (χ4n) is 3.58. The van der Waals surface area contributed by atoms with Crippen LogP contribution in [-0.4, -0.2) is 51.5 Å². The Bertz CT molecular complexity index is 841. The lowest BCUT2D eigenvalue weighted by molar-refractivity contribution is 0.474. The third-order valence-corrected chi connectivity index (χ3v) is 5.86. The number of halogens is 2. The summed E-state index contributed by atoms with van der Waals surface area (Å²) in [6.45, 7) is 3.44. The smallest absolute Gasteiger partial charge is 0.162 e. The van der Waals surface area contributed by atoms with Crippen LogP contribution in [0.3, 0.4) is 0 Å². The van der Waals surface area contributed by atoms with Crippen molar-refractivity contribution in [1.82, 2.24) is 20.4 Å². The predicted molar refractivity (Wildman–Crippen MR) is 97.5 cm³/mol. The molecule has 0 spiro atoms. The lowest BCUT2D eigenvalue weighted by Crippen LogP contribution is -2.30. The number of nitrogens with one attached hydrogen (secondary N) is 4. The number of hydrogen-bond donors (Lipinski definition) is 4. The van der Waals surface area contributed by atoms with Crippen LogP contribution < -0.4 is 5.32 Å². The van der Waals surface area contributed by atoms with Gasteiger partial charge in [-0.3, -0.25) is 15.9 Å². The van der Waals surface area contributed by atoms with Gasteiger partial charge in [0, 0.05) is 49.1 Å². The molecule has 9 heteroatoms. The molecule has 2 atom stereocenters. The van der Waals surface area contributed by atoms with Gasteiger partial charge in [-0.25, -0.2) is 8.78 Å². The van der Waals surface area contributed by atoms with E-state index in [1.165, 1.54) is 12.4 Å². The van der Waals surface area contributed by atoms with Crippen LogP contribution in [-0.2, 0) is 0 Å². The van der Waals surface area contributed by atoms with Gasteiger partial charge in [-0.15, -0.1) is 0 Å². The summed E-state index contributed by atoms with van der Waals surface area (Å²) < 4.78 is 28.8. The average Bonchev–Trinajstić information content (AvgIpc) is 3.33. The van der Waals surface area contributed by atoms with E-state index in [2.05, 4.69) is 15.5 Å². The van der Waals surface area contributed by atoms with Crippen molar-refractivity contribution in [3.63, 3.8) is 0 Å². The van der Waals surface area contributed by atoms with Crippen molar-refractivity contribution < 1.29 is 8.78 Å². The van der Waals surface area contributed by atoms with E-state index >= 15 is 0 Å². The summed E-state index contributed by atoms with van der Waals surface area (Å²) >= 11 is 0.862. The van der Waals surface area contributed by atoms with Crippen molar-refractivity contribution in [2.24, 2.45) is 11.8 Å².